The number of ketones is 1. The van der Waals surface area contributed by atoms with Crippen LogP contribution in [0.5, 0.6) is 0 Å². The Hall–Kier alpha value is -1.20. The van der Waals surface area contributed by atoms with Gasteiger partial charge in [0.05, 0.1) is 12.7 Å². The van der Waals surface area contributed by atoms with Gasteiger partial charge in [0, 0.05) is 30.1 Å². The molecule has 2 aliphatic heterocycles. The van der Waals surface area contributed by atoms with Crippen molar-refractivity contribution in [3.05, 3.63) is 11.6 Å². The van der Waals surface area contributed by atoms with E-state index in [4.69, 9.17) is 14.2 Å². The summed E-state index contributed by atoms with van der Waals surface area (Å²) < 4.78 is 19.0. The second-order valence-corrected chi connectivity index (χ2v) is 13.4. The molecule has 35 heavy (non-hydrogen) atoms. The van der Waals surface area contributed by atoms with Crippen LogP contribution >= 0.6 is 0 Å². The molecule has 0 unspecified atom stereocenters. The van der Waals surface area contributed by atoms with Gasteiger partial charge in [-0.1, -0.05) is 40.2 Å². The van der Waals surface area contributed by atoms with Crippen LogP contribution in [0.3, 0.4) is 0 Å². The van der Waals surface area contributed by atoms with Crippen LogP contribution in [0, 0.1) is 46.3 Å². The van der Waals surface area contributed by atoms with Gasteiger partial charge in [-0.2, -0.15) is 0 Å². The smallest absolute Gasteiger partial charge is 0.305 e. The monoisotopic (exact) mass is 484 g/mol. The quantitative estimate of drug-likeness (QED) is 0.460. The molecule has 4 aliphatic carbocycles. The van der Waals surface area contributed by atoms with Crippen LogP contribution in [-0.4, -0.2) is 36.4 Å². The molecule has 6 aliphatic rings. The van der Waals surface area contributed by atoms with Crippen molar-refractivity contribution in [2.24, 2.45) is 46.3 Å². The van der Waals surface area contributed by atoms with E-state index in [0.717, 1.165) is 58.0 Å². The van der Waals surface area contributed by atoms with Crippen LogP contribution in [0.4, 0.5) is 0 Å². The van der Waals surface area contributed by atoms with Gasteiger partial charge >= 0.3 is 5.97 Å². The van der Waals surface area contributed by atoms with Gasteiger partial charge in [-0.3, -0.25) is 9.59 Å². The first kappa shape index (κ1) is 24.2. The lowest BCUT2D eigenvalue weighted by Crippen LogP contribution is -2.53. The molecular formula is C30H44O5. The van der Waals surface area contributed by atoms with E-state index >= 15 is 0 Å². The number of allylic oxidation sites excluding steroid dienone is 2. The first-order valence-electron chi connectivity index (χ1n) is 14.4. The maximum absolute atomic E-state index is 14.1. The number of fused-ring (bicyclic) bond motifs is 7. The molecule has 0 N–H and O–H groups in total. The number of ether oxygens (including phenoxy) is 3. The summed E-state index contributed by atoms with van der Waals surface area (Å²) >= 11 is 0. The molecule has 0 aromatic heterocycles. The van der Waals surface area contributed by atoms with E-state index in [2.05, 4.69) is 33.8 Å². The van der Waals surface area contributed by atoms with Crippen molar-refractivity contribution in [1.29, 1.82) is 0 Å². The van der Waals surface area contributed by atoms with Crippen molar-refractivity contribution >= 4 is 11.8 Å². The van der Waals surface area contributed by atoms with E-state index in [1.54, 1.807) is 0 Å². The number of rotatable bonds is 2. The van der Waals surface area contributed by atoms with Gasteiger partial charge in [0.25, 0.3) is 0 Å². The zero-order valence-corrected chi connectivity index (χ0v) is 22.3. The van der Waals surface area contributed by atoms with Gasteiger partial charge in [-0.05, 0) is 80.1 Å². The lowest BCUT2D eigenvalue weighted by Gasteiger charge is -2.56. The summed E-state index contributed by atoms with van der Waals surface area (Å²) in [7, 11) is 0. The van der Waals surface area contributed by atoms with Gasteiger partial charge in [-0.15, -0.1) is 0 Å². The summed E-state index contributed by atoms with van der Waals surface area (Å²) in [6, 6.07) is 0. The van der Waals surface area contributed by atoms with Crippen molar-refractivity contribution in [1.82, 2.24) is 0 Å². The molecule has 2 heterocycles. The van der Waals surface area contributed by atoms with Gasteiger partial charge in [0.1, 0.15) is 6.10 Å². The highest BCUT2D eigenvalue weighted by atomic mass is 16.7. The zero-order chi connectivity index (χ0) is 24.8. The summed E-state index contributed by atoms with van der Waals surface area (Å²) in [5.41, 5.74) is 1.10. The fourth-order valence-electron chi connectivity index (χ4n) is 9.64. The Labute approximate surface area is 210 Å². The Balaban J connectivity index is 1.27. The molecule has 2 saturated heterocycles. The highest BCUT2D eigenvalue weighted by molar-refractivity contribution is 5.97. The molecule has 6 rings (SSSR count). The van der Waals surface area contributed by atoms with E-state index in [-0.39, 0.29) is 40.8 Å². The second kappa shape index (κ2) is 8.15. The van der Waals surface area contributed by atoms with Gasteiger partial charge < -0.3 is 14.2 Å². The third-order valence-electron chi connectivity index (χ3n) is 11.7. The molecule has 5 nitrogen and oxygen atoms in total. The van der Waals surface area contributed by atoms with E-state index < -0.39 is 5.79 Å². The Morgan fingerprint density at radius 3 is 2.63 bits per heavy atom. The zero-order valence-electron chi connectivity index (χ0n) is 22.3. The van der Waals surface area contributed by atoms with Crippen molar-refractivity contribution < 1.29 is 23.8 Å². The molecule has 0 aromatic rings. The van der Waals surface area contributed by atoms with Crippen LogP contribution in [-0.2, 0) is 23.8 Å². The molecule has 0 aromatic carbocycles. The summed E-state index contributed by atoms with van der Waals surface area (Å²) in [6.45, 7) is 11.8. The fraction of sp³-hybridized carbons (Fsp3) is 0.867. The molecule has 1 spiro atoms. The SMILES string of the molecule is CCC(=O)O[C@@H]1CC[C@]2(C)C3=CC(=O)[C@]4(C)[C@H]5[C@H](C[C@@H]4[C@@H]3CC[C@H]2C1)O[C@]1(CC[C@H](C)CO1)[C@H]5C. The Bertz CT molecular complexity index is 931. The predicted octanol–water partition coefficient (Wildman–Crippen LogP) is 5.85. The molecule has 0 bridgehead atoms. The fourth-order valence-corrected chi connectivity index (χ4v) is 9.64. The predicted molar refractivity (Wildman–Crippen MR) is 132 cm³/mol. The minimum Gasteiger partial charge on any atom is -0.462 e. The van der Waals surface area contributed by atoms with Crippen molar-refractivity contribution in [3.63, 3.8) is 0 Å². The standard InChI is InChI=1S/C30H44O5/c1-6-26(32)34-20-10-11-28(4)19(13-20)7-8-21-22(28)15-25(31)29(5)23(21)14-24-27(29)18(3)30(35-24)12-9-17(2)16-33-30/h15,17-21,23-24,27H,6-14,16H2,1-5H3/t17-,18-,19-,20+,21+,23+,24-,27+,28-,29+,30+/m0/s1. The summed E-state index contributed by atoms with van der Waals surface area (Å²) in [4.78, 5) is 26.0. The average Bonchev–Trinajstić information content (AvgIpc) is 3.28. The van der Waals surface area contributed by atoms with E-state index in [9.17, 15) is 9.59 Å². The number of carbonyl (C=O) groups excluding carboxylic acids is 2. The van der Waals surface area contributed by atoms with Crippen LogP contribution in [0.1, 0.15) is 92.4 Å². The number of carbonyl (C=O) groups is 2. The van der Waals surface area contributed by atoms with Crippen molar-refractivity contribution in [2.75, 3.05) is 6.61 Å². The summed E-state index contributed by atoms with van der Waals surface area (Å²) in [5, 5.41) is 0. The van der Waals surface area contributed by atoms with Crippen molar-refractivity contribution in [2.45, 2.75) is 110 Å². The Kier molecular flexibility index (Phi) is 5.62. The molecule has 5 fully saturated rings. The topological polar surface area (TPSA) is 61.8 Å². The summed E-state index contributed by atoms with van der Waals surface area (Å²) in [5.74, 6) is 2.14. The third-order valence-corrected chi connectivity index (χ3v) is 11.7. The minimum atomic E-state index is -0.488. The molecule has 0 radical (unpaired) electrons. The molecule has 194 valence electrons. The third kappa shape index (κ3) is 3.32. The lowest BCUT2D eigenvalue weighted by atomic mass is 9.48. The average molecular weight is 485 g/mol. The van der Waals surface area contributed by atoms with Crippen LogP contribution < -0.4 is 0 Å². The molecule has 5 heteroatoms. The minimum absolute atomic E-state index is 0.0386. The van der Waals surface area contributed by atoms with E-state index in [1.807, 2.05) is 6.92 Å². The van der Waals surface area contributed by atoms with E-state index in [0.29, 0.717) is 35.9 Å². The van der Waals surface area contributed by atoms with Crippen LogP contribution in [0.25, 0.3) is 0 Å². The second-order valence-electron chi connectivity index (χ2n) is 13.4. The van der Waals surface area contributed by atoms with Gasteiger partial charge in [0.15, 0.2) is 11.6 Å². The van der Waals surface area contributed by atoms with Crippen LogP contribution in [0.2, 0.25) is 0 Å². The van der Waals surface area contributed by atoms with Gasteiger partial charge in [0.2, 0.25) is 0 Å². The van der Waals surface area contributed by atoms with Crippen molar-refractivity contribution in [3.8, 4) is 0 Å². The summed E-state index contributed by atoms with van der Waals surface area (Å²) in [6.07, 6.45) is 10.9. The lowest BCUT2D eigenvalue weighted by molar-refractivity contribution is -0.271. The number of esters is 1. The van der Waals surface area contributed by atoms with Gasteiger partial charge in [-0.25, -0.2) is 0 Å². The maximum Gasteiger partial charge on any atom is 0.305 e. The maximum atomic E-state index is 14.1. The number of hydrogen-bond donors (Lipinski definition) is 0. The largest absolute Gasteiger partial charge is 0.462 e. The number of hydrogen-bond acceptors (Lipinski definition) is 5. The van der Waals surface area contributed by atoms with Crippen LogP contribution in [0.15, 0.2) is 11.6 Å². The normalized spacial score (nSPS) is 52.8. The molecule has 3 saturated carbocycles. The Morgan fingerprint density at radius 2 is 1.91 bits per heavy atom. The molecule has 0 amide bonds. The Morgan fingerprint density at radius 1 is 1.11 bits per heavy atom. The first-order chi connectivity index (χ1) is 16.6. The molecular weight excluding hydrogens is 440 g/mol. The highest BCUT2D eigenvalue weighted by Crippen LogP contribution is 2.69. The highest BCUT2D eigenvalue weighted by Gasteiger charge is 2.70. The first-order valence-corrected chi connectivity index (χ1v) is 14.4. The van der Waals surface area contributed by atoms with E-state index in [1.165, 1.54) is 5.57 Å². The molecule has 11 atom stereocenters.